The molecule has 134 valence electrons. The summed E-state index contributed by atoms with van der Waals surface area (Å²) in [7, 11) is 0. The number of hydrogen-bond donors (Lipinski definition) is 1. The van der Waals surface area contributed by atoms with Crippen molar-refractivity contribution in [3.8, 4) is 0 Å². The van der Waals surface area contributed by atoms with Gasteiger partial charge in [0.1, 0.15) is 0 Å². The van der Waals surface area contributed by atoms with Crippen LogP contribution in [0.5, 0.6) is 0 Å². The average molecular weight is 400 g/mol. The molecule has 1 aliphatic rings. The lowest BCUT2D eigenvalue weighted by atomic mass is 10.1. The molecule has 0 atom stereocenters. The highest BCUT2D eigenvalue weighted by Gasteiger charge is 2.15. The zero-order valence-corrected chi connectivity index (χ0v) is 16.9. The molecule has 2 nitrogen and oxygen atoms in total. The second-order valence-electron chi connectivity index (χ2n) is 5.84. The van der Waals surface area contributed by atoms with E-state index in [9.17, 15) is 0 Å². The van der Waals surface area contributed by atoms with Crippen molar-refractivity contribution in [1.29, 1.82) is 0 Å². The molecular weight excluding hydrogens is 371 g/mol. The summed E-state index contributed by atoms with van der Waals surface area (Å²) in [6, 6.07) is 8.26. The molecule has 0 aliphatic carbocycles. The highest BCUT2D eigenvalue weighted by molar-refractivity contribution is 7.80. The first kappa shape index (κ1) is 23.4. The van der Waals surface area contributed by atoms with Crippen molar-refractivity contribution in [2.45, 2.75) is 25.7 Å². The van der Waals surface area contributed by atoms with Crippen LogP contribution in [0.4, 0.5) is 0 Å². The summed E-state index contributed by atoms with van der Waals surface area (Å²) in [5.41, 5.74) is 1.40. The zero-order valence-electron chi connectivity index (χ0n) is 13.6. The number of benzene rings is 1. The van der Waals surface area contributed by atoms with Gasteiger partial charge in [-0.05, 0) is 62.2 Å². The van der Waals surface area contributed by atoms with Crippen LogP contribution in [0.3, 0.4) is 0 Å². The number of hydrogen-bond acceptors (Lipinski definition) is 3. The molecule has 0 unspecified atom stereocenters. The van der Waals surface area contributed by atoms with Gasteiger partial charge in [-0.2, -0.15) is 12.6 Å². The summed E-state index contributed by atoms with van der Waals surface area (Å²) in [4.78, 5) is 5.18. The largest absolute Gasteiger partial charge is 0.301 e. The van der Waals surface area contributed by atoms with Crippen molar-refractivity contribution in [3.05, 3.63) is 34.9 Å². The van der Waals surface area contributed by atoms with Crippen LogP contribution in [0.15, 0.2) is 24.3 Å². The summed E-state index contributed by atoms with van der Waals surface area (Å²) in [5.74, 6) is 1.00. The molecule has 0 radical (unpaired) electrons. The minimum absolute atomic E-state index is 0. The topological polar surface area (TPSA) is 6.48 Å². The van der Waals surface area contributed by atoms with Crippen LogP contribution in [0.25, 0.3) is 0 Å². The summed E-state index contributed by atoms with van der Waals surface area (Å²) < 4.78 is 0. The second-order valence-corrected chi connectivity index (χ2v) is 6.73. The fourth-order valence-corrected chi connectivity index (χ4v) is 3.11. The van der Waals surface area contributed by atoms with Crippen molar-refractivity contribution >= 4 is 49.0 Å². The molecule has 23 heavy (non-hydrogen) atoms. The minimum atomic E-state index is 0. The van der Waals surface area contributed by atoms with E-state index in [1.807, 2.05) is 12.1 Å². The minimum Gasteiger partial charge on any atom is -0.301 e. The van der Waals surface area contributed by atoms with Gasteiger partial charge in [-0.3, -0.25) is 0 Å². The molecule has 0 spiro atoms. The van der Waals surface area contributed by atoms with Gasteiger partial charge in [-0.15, -0.1) is 24.8 Å². The first-order chi connectivity index (χ1) is 10.3. The van der Waals surface area contributed by atoms with Crippen LogP contribution >= 0.6 is 49.0 Å². The number of rotatable bonds is 8. The molecule has 1 saturated heterocycles. The van der Waals surface area contributed by atoms with Gasteiger partial charge in [-0.25, -0.2) is 0 Å². The third-order valence-electron chi connectivity index (χ3n) is 4.20. The molecular formula is C17H29Cl3N2S. The molecule has 2 rings (SSSR count). The van der Waals surface area contributed by atoms with Gasteiger partial charge in [0.2, 0.25) is 0 Å². The summed E-state index contributed by atoms with van der Waals surface area (Å²) in [6.07, 6.45) is 4.93. The van der Waals surface area contributed by atoms with E-state index in [-0.39, 0.29) is 24.8 Å². The number of nitrogens with zero attached hydrogens (tertiary/aromatic N) is 2. The monoisotopic (exact) mass is 398 g/mol. The molecule has 1 aromatic rings. The normalized spacial score (nSPS) is 15.7. The molecule has 1 aromatic carbocycles. The fraction of sp³-hybridized carbons (Fsp3) is 0.647. The number of aryl methyl sites for hydroxylation is 1. The zero-order chi connectivity index (χ0) is 14.9. The van der Waals surface area contributed by atoms with Crippen molar-refractivity contribution in [2.75, 3.05) is 45.0 Å². The number of thiol groups is 1. The van der Waals surface area contributed by atoms with Gasteiger partial charge < -0.3 is 9.80 Å². The second kappa shape index (κ2) is 13.6. The highest BCUT2D eigenvalue weighted by atomic mass is 35.5. The van der Waals surface area contributed by atoms with Crippen LogP contribution in [0, 0.1) is 0 Å². The SMILES string of the molecule is Cl.Cl.SCCCN1CCN(CCCCc2ccc(Cl)cc2)CC1. The average Bonchev–Trinajstić information content (AvgIpc) is 2.52. The smallest absolute Gasteiger partial charge is 0.0406 e. The number of piperazine rings is 1. The molecule has 1 aliphatic heterocycles. The Kier molecular flexibility index (Phi) is 13.8. The lowest BCUT2D eigenvalue weighted by molar-refractivity contribution is 0.131. The van der Waals surface area contributed by atoms with Crippen LogP contribution in [-0.2, 0) is 6.42 Å². The molecule has 0 saturated carbocycles. The number of unbranched alkanes of at least 4 members (excludes halogenated alkanes) is 1. The van der Waals surface area contributed by atoms with E-state index >= 15 is 0 Å². The van der Waals surface area contributed by atoms with Gasteiger partial charge in [0, 0.05) is 31.2 Å². The number of halogens is 3. The van der Waals surface area contributed by atoms with E-state index in [0.29, 0.717) is 0 Å². The third-order valence-corrected chi connectivity index (χ3v) is 4.77. The summed E-state index contributed by atoms with van der Waals surface area (Å²) >= 11 is 10.2. The van der Waals surface area contributed by atoms with Crippen molar-refractivity contribution in [1.82, 2.24) is 9.80 Å². The van der Waals surface area contributed by atoms with Crippen molar-refractivity contribution in [2.24, 2.45) is 0 Å². The Balaban J connectivity index is 0.00000242. The quantitative estimate of drug-likeness (QED) is 0.510. The maximum atomic E-state index is 5.90. The molecule has 1 fully saturated rings. The van der Waals surface area contributed by atoms with Gasteiger partial charge in [0.25, 0.3) is 0 Å². The Morgan fingerprint density at radius 3 is 1.87 bits per heavy atom. The fourth-order valence-electron chi connectivity index (χ4n) is 2.85. The molecule has 0 amide bonds. The molecule has 1 heterocycles. The predicted molar refractivity (Wildman–Crippen MR) is 110 cm³/mol. The Morgan fingerprint density at radius 1 is 0.826 bits per heavy atom. The maximum absolute atomic E-state index is 5.90. The van der Waals surface area contributed by atoms with Crippen molar-refractivity contribution < 1.29 is 0 Å². The van der Waals surface area contributed by atoms with Gasteiger partial charge >= 0.3 is 0 Å². The molecule has 0 N–H and O–H groups in total. The first-order valence-corrected chi connectivity index (χ1v) is 9.09. The van der Waals surface area contributed by atoms with E-state index in [4.69, 9.17) is 11.6 Å². The Hall–Kier alpha value is 0.360. The van der Waals surface area contributed by atoms with Gasteiger partial charge in [0.15, 0.2) is 0 Å². The van der Waals surface area contributed by atoms with Gasteiger partial charge in [0.05, 0.1) is 0 Å². The lowest BCUT2D eigenvalue weighted by Gasteiger charge is -2.34. The van der Waals surface area contributed by atoms with Crippen LogP contribution in [0.1, 0.15) is 24.8 Å². The van der Waals surface area contributed by atoms with Crippen LogP contribution in [-0.4, -0.2) is 54.8 Å². The van der Waals surface area contributed by atoms with Crippen LogP contribution < -0.4 is 0 Å². The van der Waals surface area contributed by atoms with E-state index in [2.05, 4.69) is 34.6 Å². The van der Waals surface area contributed by atoms with E-state index in [0.717, 1.165) is 10.8 Å². The Bertz CT molecular complexity index is 395. The third kappa shape index (κ3) is 9.42. The summed E-state index contributed by atoms with van der Waals surface area (Å²) in [5, 5.41) is 0.828. The van der Waals surface area contributed by atoms with E-state index in [1.165, 1.54) is 70.5 Å². The standard InChI is InChI=1S/C17H27ClN2S.2ClH/c18-17-7-5-16(6-8-17)4-1-2-9-19-11-13-20(14-12-19)10-3-15-21;;/h5-8,21H,1-4,9-15H2;2*1H. The first-order valence-electron chi connectivity index (χ1n) is 8.08. The lowest BCUT2D eigenvalue weighted by Crippen LogP contribution is -2.46. The Labute approximate surface area is 164 Å². The van der Waals surface area contributed by atoms with E-state index < -0.39 is 0 Å². The maximum Gasteiger partial charge on any atom is 0.0406 e. The van der Waals surface area contributed by atoms with Gasteiger partial charge in [-0.1, -0.05) is 23.7 Å². The molecule has 6 heteroatoms. The molecule has 0 bridgehead atoms. The van der Waals surface area contributed by atoms with Crippen molar-refractivity contribution in [3.63, 3.8) is 0 Å². The van der Waals surface area contributed by atoms with E-state index in [1.54, 1.807) is 0 Å². The Morgan fingerprint density at radius 2 is 1.35 bits per heavy atom. The van der Waals surface area contributed by atoms with Crippen LogP contribution in [0.2, 0.25) is 5.02 Å². The summed E-state index contributed by atoms with van der Waals surface area (Å²) in [6.45, 7) is 7.37. The predicted octanol–water partition coefficient (Wildman–Crippen LogP) is 4.44. The highest BCUT2D eigenvalue weighted by Crippen LogP contribution is 2.12. The molecule has 0 aromatic heterocycles.